The second-order valence-electron chi connectivity index (χ2n) is 5.93. The maximum absolute atomic E-state index is 13.0. The first-order valence-electron chi connectivity index (χ1n) is 7.64. The second kappa shape index (κ2) is 5.86. The molecule has 3 nitrogen and oxygen atoms in total. The zero-order chi connectivity index (χ0) is 15.7. The molecule has 1 saturated heterocycles. The summed E-state index contributed by atoms with van der Waals surface area (Å²) in [4.78, 5) is 0.401. The Hall–Kier alpha value is -1.65. The highest BCUT2D eigenvalue weighted by Gasteiger charge is 2.36. The van der Waals surface area contributed by atoms with Crippen LogP contribution < -0.4 is 0 Å². The van der Waals surface area contributed by atoms with Crippen LogP contribution in [0.1, 0.15) is 35.6 Å². The third kappa shape index (κ3) is 2.69. The molecule has 0 radical (unpaired) electrons. The molecule has 4 heteroatoms. The fourth-order valence-corrected chi connectivity index (χ4v) is 4.81. The van der Waals surface area contributed by atoms with Crippen LogP contribution in [0.5, 0.6) is 0 Å². The maximum Gasteiger partial charge on any atom is 0.243 e. The third-order valence-electron chi connectivity index (χ3n) is 4.47. The molecular weight excluding hydrogens is 294 g/mol. The molecule has 22 heavy (non-hydrogen) atoms. The topological polar surface area (TPSA) is 37.4 Å². The normalized spacial score (nSPS) is 19.5. The Labute approximate surface area is 132 Å². The van der Waals surface area contributed by atoms with E-state index in [0.717, 1.165) is 29.5 Å². The lowest BCUT2D eigenvalue weighted by molar-refractivity contribution is 0.396. The molecule has 2 aromatic carbocycles. The van der Waals surface area contributed by atoms with E-state index < -0.39 is 10.0 Å². The number of sulfonamides is 1. The molecular formula is C18H21NO2S. The Morgan fingerprint density at radius 1 is 1.00 bits per heavy atom. The predicted molar refractivity (Wildman–Crippen MR) is 88.2 cm³/mol. The van der Waals surface area contributed by atoms with Gasteiger partial charge in [-0.1, -0.05) is 36.4 Å². The van der Waals surface area contributed by atoms with Crippen LogP contribution in [0.4, 0.5) is 0 Å². The predicted octanol–water partition coefficient (Wildman–Crippen LogP) is 3.83. The fourth-order valence-electron chi connectivity index (χ4n) is 3.05. The first-order valence-corrected chi connectivity index (χ1v) is 9.08. The van der Waals surface area contributed by atoms with Crippen LogP contribution in [0.15, 0.2) is 53.4 Å². The summed E-state index contributed by atoms with van der Waals surface area (Å²) in [6.07, 6.45) is 1.79. The summed E-state index contributed by atoms with van der Waals surface area (Å²) in [5.41, 5.74) is 3.20. The average molecular weight is 315 g/mol. The van der Waals surface area contributed by atoms with Gasteiger partial charge in [-0.05, 0) is 55.5 Å². The number of rotatable bonds is 3. The highest BCUT2D eigenvalue weighted by atomic mass is 32.2. The lowest BCUT2D eigenvalue weighted by Crippen LogP contribution is -2.30. The van der Waals surface area contributed by atoms with Crippen LogP contribution in [0.3, 0.4) is 0 Å². The van der Waals surface area contributed by atoms with Crippen molar-refractivity contribution in [1.82, 2.24) is 4.31 Å². The van der Waals surface area contributed by atoms with Crippen molar-refractivity contribution in [3.05, 3.63) is 65.2 Å². The van der Waals surface area contributed by atoms with Crippen LogP contribution in [0, 0.1) is 13.8 Å². The molecule has 0 spiro atoms. The molecule has 0 amide bonds. The number of hydrogen-bond acceptors (Lipinski definition) is 2. The van der Waals surface area contributed by atoms with E-state index in [1.165, 1.54) is 0 Å². The van der Waals surface area contributed by atoms with Crippen molar-refractivity contribution in [2.75, 3.05) is 6.54 Å². The van der Waals surface area contributed by atoms with Gasteiger partial charge in [0.15, 0.2) is 0 Å². The van der Waals surface area contributed by atoms with E-state index in [1.807, 2.05) is 50.2 Å². The first kappa shape index (κ1) is 15.3. The Morgan fingerprint density at radius 2 is 1.73 bits per heavy atom. The molecule has 0 N–H and O–H groups in total. The van der Waals surface area contributed by atoms with Crippen LogP contribution in [-0.4, -0.2) is 19.3 Å². The number of benzene rings is 2. The summed E-state index contributed by atoms with van der Waals surface area (Å²) in [7, 11) is -3.44. The van der Waals surface area contributed by atoms with Crippen molar-refractivity contribution < 1.29 is 8.42 Å². The van der Waals surface area contributed by atoms with Crippen molar-refractivity contribution in [3.8, 4) is 0 Å². The van der Waals surface area contributed by atoms with Gasteiger partial charge < -0.3 is 0 Å². The molecule has 1 atom stereocenters. The molecule has 0 saturated carbocycles. The number of hydrogen-bond donors (Lipinski definition) is 0. The van der Waals surface area contributed by atoms with Crippen molar-refractivity contribution in [1.29, 1.82) is 0 Å². The van der Waals surface area contributed by atoms with Gasteiger partial charge in [-0.3, -0.25) is 0 Å². The summed E-state index contributed by atoms with van der Waals surface area (Å²) >= 11 is 0. The van der Waals surface area contributed by atoms with Gasteiger partial charge >= 0.3 is 0 Å². The smallest absolute Gasteiger partial charge is 0.207 e. The Kier molecular flexibility index (Phi) is 4.06. The van der Waals surface area contributed by atoms with Crippen LogP contribution >= 0.6 is 0 Å². The van der Waals surface area contributed by atoms with Crippen molar-refractivity contribution in [2.45, 2.75) is 37.6 Å². The summed E-state index contributed by atoms with van der Waals surface area (Å²) in [6.45, 7) is 4.54. The first-order chi connectivity index (χ1) is 10.5. The lowest BCUT2D eigenvalue weighted by atomic mass is 10.1. The SMILES string of the molecule is Cc1ccc(S(=O)(=O)N2CCCC2c2ccccc2)cc1C. The fraction of sp³-hybridized carbons (Fsp3) is 0.333. The van der Waals surface area contributed by atoms with Crippen LogP contribution in [-0.2, 0) is 10.0 Å². The molecule has 116 valence electrons. The van der Waals surface area contributed by atoms with E-state index >= 15 is 0 Å². The Morgan fingerprint density at radius 3 is 2.41 bits per heavy atom. The van der Waals surface area contributed by atoms with Gasteiger partial charge in [-0.25, -0.2) is 8.42 Å². The lowest BCUT2D eigenvalue weighted by Gasteiger charge is -2.24. The van der Waals surface area contributed by atoms with E-state index in [1.54, 1.807) is 16.4 Å². The zero-order valence-corrected chi connectivity index (χ0v) is 13.8. The highest BCUT2D eigenvalue weighted by molar-refractivity contribution is 7.89. The van der Waals surface area contributed by atoms with Gasteiger partial charge in [0.2, 0.25) is 10.0 Å². The van der Waals surface area contributed by atoms with Gasteiger partial charge in [0.05, 0.1) is 10.9 Å². The van der Waals surface area contributed by atoms with Crippen LogP contribution in [0.2, 0.25) is 0 Å². The molecule has 1 unspecified atom stereocenters. The van der Waals surface area contributed by atoms with Gasteiger partial charge in [0.1, 0.15) is 0 Å². The number of aryl methyl sites for hydroxylation is 2. The largest absolute Gasteiger partial charge is 0.243 e. The van der Waals surface area contributed by atoms with Crippen molar-refractivity contribution in [2.24, 2.45) is 0 Å². The monoisotopic (exact) mass is 315 g/mol. The minimum Gasteiger partial charge on any atom is -0.207 e. The Bertz CT molecular complexity index is 769. The van der Waals surface area contributed by atoms with E-state index in [0.29, 0.717) is 11.4 Å². The molecule has 2 aromatic rings. The van der Waals surface area contributed by atoms with E-state index in [4.69, 9.17) is 0 Å². The van der Waals surface area contributed by atoms with Crippen LogP contribution in [0.25, 0.3) is 0 Å². The molecule has 1 aliphatic heterocycles. The Balaban J connectivity index is 1.99. The molecule has 3 rings (SSSR count). The van der Waals surface area contributed by atoms with Gasteiger partial charge in [0, 0.05) is 6.54 Å². The molecule has 1 fully saturated rings. The second-order valence-corrected chi connectivity index (χ2v) is 7.82. The van der Waals surface area contributed by atoms with E-state index in [9.17, 15) is 8.42 Å². The standard InChI is InChI=1S/C18H21NO2S/c1-14-10-11-17(13-15(14)2)22(20,21)19-12-6-9-18(19)16-7-4-3-5-8-16/h3-5,7-8,10-11,13,18H,6,9,12H2,1-2H3. The van der Waals surface area contributed by atoms with Gasteiger partial charge in [-0.2, -0.15) is 4.31 Å². The summed E-state index contributed by atoms with van der Waals surface area (Å²) in [6, 6.07) is 15.3. The third-order valence-corrected chi connectivity index (χ3v) is 6.38. The van der Waals surface area contributed by atoms with Gasteiger partial charge in [0.25, 0.3) is 0 Å². The molecule has 0 aliphatic carbocycles. The minimum absolute atomic E-state index is 0.0483. The summed E-state index contributed by atoms with van der Waals surface area (Å²) < 4.78 is 27.7. The van der Waals surface area contributed by atoms with E-state index in [-0.39, 0.29) is 6.04 Å². The van der Waals surface area contributed by atoms with E-state index in [2.05, 4.69) is 0 Å². The van der Waals surface area contributed by atoms with Crippen molar-refractivity contribution >= 4 is 10.0 Å². The van der Waals surface area contributed by atoms with Crippen molar-refractivity contribution in [3.63, 3.8) is 0 Å². The summed E-state index contributed by atoms with van der Waals surface area (Å²) in [5, 5.41) is 0. The number of nitrogens with zero attached hydrogens (tertiary/aromatic N) is 1. The quantitative estimate of drug-likeness (QED) is 0.863. The van der Waals surface area contributed by atoms with Gasteiger partial charge in [-0.15, -0.1) is 0 Å². The maximum atomic E-state index is 13.0. The minimum atomic E-state index is -3.44. The zero-order valence-electron chi connectivity index (χ0n) is 13.0. The highest BCUT2D eigenvalue weighted by Crippen LogP contribution is 2.36. The molecule has 0 bridgehead atoms. The molecule has 1 heterocycles. The average Bonchev–Trinajstić information content (AvgIpc) is 3.01. The summed E-state index contributed by atoms with van der Waals surface area (Å²) in [5.74, 6) is 0. The molecule has 1 aliphatic rings. The molecule has 0 aromatic heterocycles.